The van der Waals surface area contributed by atoms with Crippen LogP contribution in [0.25, 0.3) is 11.1 Å². The number of carbonyl (C=O) groups excluding carboxylic acids is 1. The number of rotatable bonds is 2. The van der Waals surface area contributed by atoms with Crippen LogP contribution in [0.15, 0.2) is 36.4 Å². The average Bonchev–Trinajstić information content (AvgIpc) is 2.33. The molecule has 0 fully saturated rings. The minimum Gasteiger partial charge on any atom is -0.298 e. The molecule has 0 saturated heterocycles. The predicted molar refractivity (Wildman–Crippen MR) is 61.9 cm³/mol. The summed E-state index contributed by atoms with van der Waals surface area (Å²) in [7, 11) is 0. The molecule has 0 N–H and O–H groups in total. The van der Waals surface area contributed by atoms with Gasteiger partial charge in [0, 0.05) is 5.56 Å². The molecule has 0 aliphatic heterocycles. The van der Waals surface area contributed by atoms with Crippen molar-refractivity contribution in [3.8, 4) is 11.1 Å². The number of aryl methyl sites for hydroxylation is 1. The molecule has 3 heteroatoms. The molecular formula is C14H10F2O. The molecule has 0 bridgehead atoms. The van der Waals surface area contributed by atoms with Gasteiger partial charge < -0.3 is 0 Å². The van der Waals surface area contributed by atoms with Crippen molar-refractivity contribution in [1.29, 1.82) is 0 Å². The quantitative estimate of drug-likeness (QED) is 0.720. The Bertz CT molecular complexity index is 576. The van der Waals surface area contributed by atoms with Crippen molar-refractivity contribution in [1.82, 2.24) is 0 Å². The van der Waals surface area contributed by atoms with E-state index in [0.29, 0.717) is 17.4 Å². The number of benzene rings is 2. The molecule has 0 unspecified atom stereocenters. The molecule has 0 saturated carbocycles. The second kappa shape index (κ2) is 4.45. The Balaban J connectivity index is 2.60. The number of halogens is 2. The molecular weight excluding hydrogens is 222 g/mol. The molecule has 1 nitrogen and oxygen atoms in total. The Kier molecular flexibility index (Phi) is 3.00. The molecule has 0 aliphatic carbocycles. The third-order valence-electron chi connectivity index (χ3n) is 2.56. The van der Waals surface area contributed by atoms with Crippen molar-refractivity contribution in [2.75, 3.05) is 0 Å². The summed E-state index contributed by atoms with van der Waals surface area (Å²) in [6, 6.07) is 8.65. The fraction of sp³-hybridized carbons (Fsp3) is 0.0714. The fourth-order valence-electron chi connectivity index (χ4n) is 1.66. The van der Waals surface area contributed by atoms with Gasteiger partial charge in [-0.15, -0.1) is 0 Å². The third-order valence-corrected chi connectivity index (χ3v) is 2.56. The van der Waals surface area contributed by atoms with Crippen LogP contribution in [0.4, 0.5) is 8.78 Å². The molecule has 2 rings (SSSR count). The lowest BCUT2D eigenvalue weighted by atomic mass is 10.0. The summed E-state index contributed by atoms with van der Waals surface area (Å²) in [6.45, 7) is 1.84. The van der Waals surface area contributed by atoms with E-state index in [1.165, 1.54) is 24.3 Å². The minimum absolute atomic E-state index is 0.0663. The average molecular weight is 232 g/mol. The molecule has 2 aromatic carbocycles. The highest BCUT2D eigenvalue weighted by Gasteiger charge is 2.08. The van der Waals surface area contributed by atoms with Crippen LogP contribution < -0.4 is 0 Å². The second-order valence-electron chi connectivity index (χ2n) is 3.84. The van der Waals surface area contributed by atoms with Gasteiger partial charge in [0.1, 0.15) is 11.6 Å². The van der Waals surface area contributed by atoms with Crippen LogP contribution in [0.5, 0.6) is 0 Å². The first-order chi connectivity index (χ1) is 8.11. The number of hydrogen-bond donors (Lipinski definition) is 0. The number of aldehydes is 1. The fourth-order valence-corrected chi connectivity index (χ4v) is 1.66. The normalized spacial score (nSPS) is 10.3. The first kappa shape index (κ1) is 11.5. The maximum Gasteiger partial charge on any atom is 0.153 e. The van der Waals surface area contributed by atoms with Crippen molar-refractivity contribution in [2.45, 2.75) is 6.92 Å². The lowest BCUT2D eigenvalue weighted by molar-refractivity contribution is 0.112. The summed E-state index contributed by atoms with van der Waals surface area (Å²) in [5.74, 6) is -0.990. The van der Waals surface area contributed by atoms with E-state index in [1.54, 1.807) is 12.1 Å². The van der Waals surface area contributed by atoms with Crippen LogP contribution >= 0.6 is 0 Å². The molecule has 2 aromatic rings. The van der Waals surface area contributed by atoms with Crippen LogP contribution in [0.1, 0.15) is 15.9 Å². The topological polar surface area (TPSA) is 17.1 Å². The minimum atomic E-state index is -0.600. The molecule has 0 aromatic heterocycles. The first-order valence-corrected chi connectivity index (χ1v) is 5.13. The Morgan fingerprint density at radius 1 is 1.00 bits per heavy atom. The van der Waals surface area contributed by atoms with Crippen LogP contribution in [0.3, 0.4) is 0 Å². The van der Waals surface area contributed by atoms with Crippen molar-refractivity contribution in [2.24, 2.45) is 0 Å². The van der Waals surface area contributed by atoms with E-state index in [0.717, 1.165) is 5.56 Å². The van der Waals surface area contributed by atoms with Gasteiger partial charge in [0.25, 0.3) is 0 Å². The lowest BCUT2D eigenvalue weighted by Gasteiger charge is -2.06. The second-order valence-corrected chi connectivity index (χ2v) is 3.84. The standard InChI is InChI=1S/C14H10F2O/c1-9-2-4-14(16)12(6-9)10-3-5-13(15)11(7-10)8-17/h2-8H,1H3. The smallest absolute Gasteiger partial charge is 0.153 e. The third kappa shape index (κ3) is 2.23. The van der Waals surface area contributed by atoms with Gasteiger partial charge in [-0.05, 0) is 36.8 Å². The highest BCUT2D eigenvalue weighted by molar-refractivity contribution is 5.79. The van der Waals surface area contributed by atoms with Crippen molar-refractivity contribution >= 4 is 6.29 Å². The molecule has 0 aliphatic rings. The predicted octanol–water partition coefficient (Wildman–Crippen LogP) is 3.75. The van der Waals surface area contributed by atoms with E-state index in [-0.39, 0.29) is 11.4 Å². The Labute approximate surface area is 97.7 Å². The van der Waals surface area contributed by atoms with E-state index in [9.17, 15) is 13.6 Å². The molecule has 0 spiro atoms. The molecule has 17 heavy (non-hydrogen) atoms. The largest absolute Gasteiger partial charge is 0.298 e. The van der Waals surface area contributed by atoms with Gasteiger partial charge in [0.2, 0.25) is 0 Å². The van der Waals surface area contributed by atoms with E-state index < -0.39 is 5.82 Å². The van der Waals surface area contributed by atoms with Gasteiger partial charge in [-0.3, -0.25) is 4.79 Å². The zero-order valence-corrected chi connectivity index (χ0v) is 9.21. The molecule has 0 amide bonds. The highest BCUT2D eigenvalue weighted by atomic mass is 19.1. The van der Waals surface area contributed by atoms with Crippen LogP contribution in [0.2, 0.25) is 0 Å². The highest BCUT2D eigenvalue weighted by Crippen LogP contribution is 2.25. The van der Waals surface area contributed by atoms with Crippen LogP contribution in [-0.2, 0) is 0 Å². The summed E-state index contributed by atoms with van der Waals surface area (Å²) in [4.78, 5) is 10.6. The van der Waals surface area contributed by atoms with Gasteiger partial charge in [0.15, 0.2) is 6.29 Å². The Hall–Kier alpha value is -2.03. The first-order valence-electron chi connectivity index (χ1n) is 5.13. The van der Waals surface area contributed by atoms with Gasteiger partial charge in [-0.1, -0.05) is 17.7 Å². The zero-order valence-electron chi connectivity index (χ0n) is 9.21. The van der Waals surface area contributed by atoms with Gasteiger partial charge in [-0.2, -0.15) is 0 Å². The Morgan fingerprint density at radius 2 is 1.71 bits per heavy atom. The molecule has 0 atom stereocenters. The monoisotopic (exact) mass is 232 g/mol. The zero-order chi connectivity index (χ0) is 12.4. The van der Waals surface area contributed by atoms with Gasteiger partial charge in [0.05, 0.1) is 5.56 Å². The van der Waals surface area contributed by atoms with Crippen molar-refractivity contribution in [3.05, 3.63) is 59.2 Å². The van der Waals surface area contributed by atoms with Crippen molar-refractivity contribution in [3.63, 3.8) is 0 Å². The summed E-state index contributed by atoms with van der Waals surface area (Å²) in [5, 5.41) is 0. The van der Waals surface area contributed by atoms with E-state index in [2.05, 4.69) is 0 Å². The van der Waals surface area contributed by atoms with E-state index >= 15 is 0 Å². The SMILES string of the molecule is Cc1ccc(F)c(-c2ccc(F)c(C=O)c2)c1. The summed E-state index contributed by atoms with van der Waals surface area (Å²) < 4.78 is 26.7. The van der Waals surface area contributed by atoms with Gasteiger partial charge >= 0.3 is 0 Å². The lowest BCUT2D eigenvalue weighted by Crippen LogP contribution is -1.91. The molecule has 0 radical (unpaired) electrons. The van der Waals surface area contributed by atoms with Crippen LogP contribution in [-0.4, -0.2) is 6.29 Å². The maximum absolute atomic E-state index is 13.6. The Morgan fingerprint density at radius 3 is 2.41 bits per heavy atom. The summed E-state index contributed by atoms with van der Waals surface area (Å²) in [6.07, 6.45) is 0.423. The number of carbonyl (C=O) groups is 1. The maximum atomic E-state index is 13.6. The molecule has 0 heterocycles. The van der Waals surface area contributed by atoms with Crippen LogP contribution in [0, 0.1) is 18.6 Å². The van der Waals surface area contributed by atoms with E-state index in [1.807, 2.05) is 6.92 Å². The number of hydrogen-bond acceptors (Lipinski definition) is 1. The molecule has 86 valence electrons. The summed E-state index contributed by atoms with van der Waals surface area (Å²) >= 11 is 0. The van der Waals surface area contributed by atoms with Crippen molar-refractivity contribution < 1.29 is 13.6 Å². The van der Waals surface area contributed by atoms with Gasteiger partial charge in [-0.25, -0.2) is 8.78 Å². The van der Waals surface area contributed by atoms with E-state index in [4.69, 9.17) is 0 Å². The summed E-state index contributed by atoms with van der Waals surface area (Å²) in [5.41, 5.74) is 1.70.